The van der Waals surface area contributed by atoms with Crippen molar-refractivity contribution in [2.45, 2.75) is 33.7 Å². The maximum absolute atomic E-state index is 12.4. The molecule has 1 aromatic heterocycles. The third-order valence-corrected chi connectivity index (χ3v) is 4.47. The highest BCUT2D eigenvalue weighted by atomic mass is 16.2. The van der Waals surface area contributed by atoms with Gasteiger partial charge in [-0.1, -0.05) is 12.1 Å². The number of carbonyl (C=O) groups excluding carboxylic acids is 2. The van der Waals surface area contributed by atoms with E-state index in [0.29, 0.717) is 13.1 Å². The zero-order chi connectivity index (χ0) is 18.1. The van der Waals surface area contributed by atoms with E-state index in [4.69, 9.17) is 0 Å². The molecule has 1 aliphatic rings. The summed E-state index contributed by atoms with van der Waals surface area (Å²) in [5.74, 6) is -0.242. The number of amides is 3. The molecule has 1 unspecified atom stereocenters. The van der Waals surface area contributed by atoms with Crippen molar-refractivity contribution in [1.29, 1.82) is 0 Å². The average Bonchev–Trinajstić information content (AvgIpc) is 3.16. The smallest absolute Gasteiger partial charge is 0.324 e. The molecule has 0 aliphatic carbocycles. The minimum Gasteiger partial charge on any atom is -0.371 e. The zero-order valence-corrected chi connectivity index (χ0v) is 15.0. The number of anilines is 1. The van der Waals surface area contributed by atoms with Crippen LogP contribution in [0.15, 0.2) is 24.4 Å². The van der Waals surface area contributed by atoms with Crippen molar-refractivity contribution < 1.29 is 9.59 Å². The van der Waals surface area contributed by atoms with Crippen LogP contribution in [0.1, 0.15) is 23.7 Å². The van der Waals surface area contributed by atoms with E-state index in [9.17, 15) is 9.59 Å². The van der Waals surface area contributed by atoms with Crippen LogP contribution in [0.4, 0.5) is 10.5 Å². The van der Waals surface area contributed by atoms with Crippen molar-refractivity contribution in [1.82, 2.24) is 20.0 Å². The van der Waals surface area contributed by atoms with Gasteiger partial charge in [0.05, 0.1) is 23.3 Å². The van der Waals surface area contributed by atoms with Gasteiger partial charge in [-0.25, -0.2) is 9.48 Å². The number of urea groups is 1. The number of nitrogens with one attached hydrogen (secondary N) is 2. The van der Waals surface area contributed by atoms with E-state index in [1.807, 2.05) is 25.5 Å². The summed E-state index contributed by atoms with van der Waals surface area (Å²) in [6.07, 6.45) is 1.71. The van der Waals surface area contributed by atoms with E-state index in [-0.39, 0.29) is 11.9 Å². The number of hydrogen-bond acceptors (Lipinski definition) is 4. The number of benzene rings is 1. The normalized spacial score (nSPS) is 15.2. The zero-order valence-electron chi connectivity index (χ0n) is 15.0. The summed E-state index contributed by atoms with van der Waals surface area (Å²) in [6, 6.07) is 5.37. The maximum atomic E-state index is 12.4. The fraction of sp³-hybridized carbons (Fsp3) is 0.389. The van der Waals surface area contributed by atoms with Crippen LogP contribution in [-0.2, 0) is 4.79 Å². The Morgan fingerprint density at radius 3 is 2.76 bits per heavy atom. The van der Waals surface area contributed by atoms with E-state index in [1.54, 1.807) is 13.1 Å². The first-order valence-electron chi connectivity index (χ1n) is 8.36. The summed E-state index contributed by atoms with van der Waals surface area (Å²) < 4.78 is 1.87. The van der Waals surface area contributed by atoms with Gasteiger partial charge in [-0.15, -0.1) is 0 Å². The van der Waals surface area contributed by atoms with Gasteiger partial charge in [0.15, 0.2) is 0 Å². The van der Waals surface area contributed by atoms with Crippen LogP contribution in [0.3, 0.4) is 0 Å². The van der Waals surface area contributed by atoms with Crippen LogP contribution in [0.5, 0.6) is 0 Å². The van der Waals surface area contributed by atoms with Crippen molar-refractivity contribution in [3.05, 3.63) is 41.2 Å². The Morgan fingerprint density at radius 2 is 2.08 bits per heavy atom. The molecule has 1 atom stereocenters. The highest BCUT2D eigenvalue weighted by Gasteiger charge is 2.30. The number of hydrogen-bond donors (Lipinski definition) is 2. The molecule has 1 fully saturated rings. The van der Waals surface area contributed by atoms with Gasteiger partial charge in [-0.3, -0.25) is 9.69 Å². The molecule has 1 aromatic carbocycles. The number of imide groups is 1. The topological polar surface area (TPSA) is 79.3 Å². The predicted molar refractivity (Wildman–Crippen MR) is 96.0 cm³/mol. The van der Waals surface area contributed by atoms with E-state index < -0.39 is 6.04 Å². The fourth-order valence-corrected chi connectivity index (χ4v) is 2.95. The lowest BCUT2D eigenvalue weighted by atomic mass is 10.1. The number of nitrogens with zero attached hydrogens (tertiary/aromatic N) is 3. The molecular formula is C18H23N5O2. The molecule has 0 radical (unpaired) electrons. The minimum absolute atomic E-state index is 0.242. The van der Waals surface area contributed by atoms with Gasteiger partial charge in [0.25, 0.3) is 5.91 Å². The second kappa shape index (κ2) is 6.58. The standard InChI is InChI=1S/C18H23N5O2/c1-11-5-6-12(2)16(9-11)23-14(4)15(10-20-23)21-13(3)17(24)22-8-7-19-18(22)25/h5-6,9-10,13,21H,7-8H2,1-4H3,(H,19,25). The molecule has 1 aliphatic heterocycles. The molecule has 25 heavy (non-hydrogen) atoms. The quantitative estimate of drug-likeness (QED) is 0.893. The van der Waals surface area contributed by atoms with E-state index >= 15 is 0 Å². The van der Waals surface area contributed by atoms with Crippen LogP contribution in [0.25, 0.3) is 5.69 Å². The van der Waals surface area contributed by atoms with Crippen LogP contribution in [0.2, 0.25) is 0 Å². The maximum Gasteiger partial charge on any atom is 0.324 e. The molecular weight excluding hydrogens is 318 g/mol. The Labute approximate surface area is 147 Å². The van der Waals surface area contributed by atoms with Gasteiger partial charge in [-0.05, 0) is 44.9 Å². The van der Waals surface area contributed by atoms with E-state index in [0.717, 1.165) is 28.2 Å². The van der Waals surface area contributed by atoms with Crippen molar-refractivity contribution in [2.75, 3.05) is 18.4 Å². The van der Waals surface area contributed by atoms with Gasteiger partial charge >= 0.3 is 6.03 Å². The highest BCUT2D eigenvalue weighted by Crippen LogP contribution is 2.22. The van der Waals surface area contributed by atoms with Crippen molar-refractivity contribution in [2.24, 2.45) is 0 Å². The third-order valence-electron chi connectivity index (χ3n) is 4.47. The Kier molecular flexibility index (Phi) is 4.48. The third kappa shape index (κ3) is 3.22. The number of aryl methyl sites for hydroxylation is 2. The Balaban J connectivity index is 1.80. The summed E-state index contributed by atoms with van der Waals surface area (Å²) in [7, 11) is 0. The summed E-state index contributed by atoms with van der Waals surface area (Å²) in [5.41, 5.74) is 5.00. The molecule has 132 valence electrons. The van der Waals surface area contributed by atoms with Gasteiger partial charge in [0.1, 0.15) is 6.04 Å². The molecule has 3 amide bonds. The minimum atomic E-state index is -0.515. The predicted octanol–water partition coefficient (Wildman–Crippen LogP) is 2.15. The van der Waals surface area contributed by atoms with E-state index in [1.165, 1.54) is 4.90 Å². The van der Waals surface area contributed by atoms with Gasteiger partial charge in [0.2, 0.25) is 0 Å². The molecule has 0 spiro atoms. The Morgan fingerprint density at radius 1 is 1.32 bits per heavy atom. The summed E-state index contributed by atoms with van der Waals surface area (Å²) in [5, 5.41) is 10.3. The average molecular weight is 341 g/mol. The summed E-state index contributed by atoms with van der Waals surface area (Å²) in [4.78, 5) is 25.3. The second-order valence-electron chi connectivity index (χ2n) is 6.43. The van der Waals surface area contributed by atoms with Crippen LogP contribution in [0, 0.1) is 20.8 Å². The van der Waals surface area contributed by atoms with E-state index in [2.05, 4.69) is 33.9 Å². The van der Waals surface area contributed by atoms with Crippen molar-refractivity contribution in [3.8, 4) is 5.69 Å². The lowest BCUT2D eigenvalue weighted by Crippen LogP contribution is -2.43. The number of rotatable bonds is 4. The van der Waals surface area contributed by atoms with Crippen LogP contribution in [-0.4, -0.2) is 45.8 Å². The van der Waals surface area contributed by atoms with Crippen LogP contribution < -0.4 is 10.6 Å². The number of aromatic nitrogens is 2. The Hall–Kier alpha value is -2.83. The molecule has 1 saturated heterocycles. The molecule has 0 saturated carbocycles. The second-order valence-corrected chi connectivity index (χ2v) is 6.43. The molecule has 7 nitrogen and oxygen atoms in total. The van der Waals surface area contributed by atoms with Gasteiger partial charge in [0, 0.05) is 13.1 Å². The highest BCUT2D eigenvalue weighted by molar-refractivity contribution is 5.99. The Bertz CT molecular complexity index is 827. The summed E-state index contributed by atoms with van der Waals surface area (Å²) in [6.45, 7) is 8.70. The first-order valence-corrected chi connectivity index (χ1v) is 8.36. The van der Waals surface area contributed by atoms with Crippen molar-refractivity contribution in [3.63, 3.8) is 0 Å². The molecule has 2 N–H and O–H groups in total. The molecule has 2 heterocycles. The monoisotopic (exact) mass is 341 g/mol. The molecule has 0 bridgehead atoms. The molecule has 7 heteroatoms. The SMILES string of the molecule is Cc1ccc(C)c(-n2ncc(NC(C)C(=O)N3CCNC3=O)c2C)c1. The lowest BCUT2D eigenvalue weighted by molar-refractivity contribution is -0.128. The van der Waals surface area contributed by atoms with Gasteiger partial charge < -0.3 is 10.6 Å². The molecule has 3 rings (SSSR count). The largest absolute Gasteiger partial charge is 0.371 e. The lowest BCUT2D eigenvalue weighted by Gasteiger charge is -2.19. The summed E-state index contributed by atoms with van der Waals surface area (Å²) >= 11 is 0. The number of carbonyl (C=O) groups is 2. The molecule has 2 aromatic rings. The van der Waals surface area contributed by atoms with Crippen molar-refractivity contribution >= 4 is 17.6 Å². The first-order chi connectivity index (χ1) is 11.9. The fourth-order valence-electron chi connectivity index (χ4n) is 2.95. The van der Waals surface area contributed by atoms with Crippen LogP contribution >= 0.6 is 0 Å². The first kappa shape index (κ1) is 17.0. The van der Waals surface area contributed by atoms with Gasteiger partial charge in [-0.2, -0.15) is 5.10 Å².